The van der Waals surface area contributed by atoms with E-state index in [1.165, 1.54) is 32.2 Å². The summed E-state index contributed by atoms with van der Waals surface area (Å²) in [5.41, 5.74) is -0.0357. The van der Waals surface area contributed by atoms with Gasteiger partial charge in [0.15, 0.2) is 0 Å². The van der Waals surface area contributed by atoms with Gasteiger partial charge in [-0.1, -0.05) is 6.92 Å². The molecule has 0 bridgehead atoms. The van der Waals surface area contributed by atoms with Crippen LogP contribution in [0.2, 0.25) is 0 Å². The lowest BCUT2D eigenvalue weighted by Crippen LogP contribution is -2.41. The summed E-state index contributed by atoms with van der Waals surface area (Å²) in [6, 6.07) is 2.35. The second kappa shape index (κ2) is 5.95. The third-order valence-corrected chi connectivity index (χ3v) is 4.64. The van der Waals surface area contributed by atoms with Crippen LogP contribution in [-0.4, -0.2) is 35.6 Å². The van der Waals surface area contributed by atoms with Gasteiger partial charge in [0.05, 0.1) is 0 Å². The number of rotatable bonds is 3. The minimum Gasteiger partial charge on any atom is -0.356 e. The van der Waals surface area contributed by atoms with Gasteiger partial charge in [-0.25, -0.2) is 4.98 Å². The highest BCUT2D eigenvalue weighted by Gasteiger charge is 2.28. The van der Waals surface area contributed by atoms with Gasteiger partial charge in [0, 0.05) is 31.6 Å². The number of nitrogens with one attached hydrogen (secondary N) is 2. The summed E-state index contributed by atoms with van der Waals surface area (Å²) < 4.78 is 0. The molecule has 1 aromatic rings. The molecule has 1 unspecified atom stereocenters. The van der Waals surface area contributed by atoms with Crippen LogP contribution in [0.3, 0.4) is 0 Å². The van der Waals surface area contributed by atoms with E-state index < -0.39 is 0 Å². The van der Waals surface area contributed by atoms with Gasteiger partial charge in [-0.3, -0.25) is 4.79 Å². The number of aromatic nitrogens is 2. The average Bonchev–Trinajstić information content (AvgIpc) is 3.01. The molecule has 1 aromatic heterocycles. The van der Waals surface area contributed by atoms with Gasteiger partial charge < -0.3 is 15.2 Å². The van der Waals surface area contributed by atoms with Gasteiger partial charge in [-0.15, -0.1) is 0 Å². The number of anilines is 1. The Labute approximate surface area is 119 Å². The number of piperidine rings is 1. The smallest absolute Gasteiger partial charge is 0.252 e. The molecular weight excluding hydrogens is 252 g/mol. The molecule has 0 aliphatic carbocycles. The summed E-state index contributed by atoms with van der Waals surface area (Å²) in [5.74, 6) is 2.43. The van der Waals surface area contributed by atoms with Crippen LogP contribution in [0, 0.1) is 5.92 Å². The molecule has 0 radical (unpaired) electrons. The molecule has 3 rings (SSSR count). The van der Waals surface area contributed by atoms with E-state index >= 15 is 0 Å². The van der Waals surface area contributed by atoms with E-state index in [-0.39, 0.29) is 5.56 Å². The van der Waals surface area contributed by atoms with Gasteiger partial charge in [-0.2, -0.15) is 0 Å². The summed E-state index contributed by atoms with van der Waals surface area (Å²) >= 11 is 0. The maximum atomic E-state index is 11.7. The molecule has 2 fully saturated rings. The van der Waals surface area contributed by atoms with Gasteiger partial charge in [-0.05, 0) is 38.1 Å². The first kappa shape index (κ1) is 13.6. The lowest BCUT2D eigenvalue weighted by atomic mass is 9.88. The Morgan fingerprint density at radius 1 is 1.35 bits per heavy atom. The lowest BCUT2D eigenvalue weighted by molar-refractivity contribution is 0.318. The van der Waals surface area contributed by atoms with Crippen LogP contribution < -0.4 is 15.8 Å². The number of hydrogen-bond donors (Lipinski definition) is 2. The monoisotopic (exact) mass is 276 g/mol. The highest BCUT2D eigenvalue weighted by atomic mass is 16.1. The predicted molar refractivity (Wildman–Crippen MR) is 80.2 cm³/mol. The van der Waals surface area contributed by atoms with Crippen LogP contribution >= 0.6 is 0 Å². The third-order valence-electron chi connectivity index (χ3n) is 4.64. The van der Waals surface area contributed by atoms with E-state index in [2.05, 4.69) is 20.2 Å². The molecule has 0 saturated carbocycles. The molecule has 110 valence electrons. The molecule has 5 nitrogen and oxygen atoms in total. The highest BCUT2D eigenvalue weighted by Crippen LogP contribution is 2.27. The minimum atomic E-state index is -0.0357. The van der Waals surface area contributed by atoms with Crippen molar-refractivity contribution in [3.8, 4) is 0 Å². The van der Waals surface area contributed by atoms with Crippen LogP contribution in [0.1, 0.15) is 38.4 Å². The summed E-state index contributed by atoms with van der Waals surface area (Å²) in [4.78, 5) is 21.3. The number of aromatic amines is 1. The van der Waals surface area contributed by atoms with E-state index in [1.807, 2.05) is 6.92 Å². The number of aryl methyl sites for hydroxylation is 1. The van der Waals surface area contributed by atoms with E-state index in [0.717, 1.165) is 43.1 Å². The topological polar surface area (TPSA) is 61.0 Å². The maximum absolute atomic E-state index is 11.7. The molecule has 5 heteroatoms. The zero-order chi connectivity index (χ0) is 13.9. The maximum Gasteiger partial charge on any atom is 0.252 e. The fraction of sp³-hybridized carbons (Fsp3) is 0.733. The van der Waals surface area contributed by atoms with Gasteiger partial charge >= 0.3 is 0 Å². The summed E-state index contributed by atoms with van der Waals surface area (Å²) in [7, 11) is 0. The molecule has 2 N–H and O–H groups in total. The fourth-order valence-corrected chi connectivity index (χ4v) is 3.47. The van der Waals surface area contributed by atoms with Crippen molar-refractivity contribution in [2.75, 3.05) is 24.5 Å². The number of nitrogens with zero attached hydrogens (tertiary/aromatic N) is 2. The Kier molecular flexibility index (Phi) is 4.05. The van der Waals surface area contributed by atoms with Crippen molar-refractivity contribution in [1.29, 1.82) is 0 Å². The van der Waals surface area contributed by atoms with Crippen LogP contribution in [0.5, 0.6) is 0 Å². The standard InChI is InChI=1S/C15H24N4O/c1-2-13-17-14(10-15(20)18-13)19-8-5-11(6-9-19)12-4-3-7-16-12/h10-12,16H,2-9H2,1H3,(H,17,18,20). The molecule has 0 amide bonds. The van der Waals surface area contributed by atoms with Crippen molar-refractivity contribution >= 4 is 5.82 Å². The van der Waals surface area contributed by atoms with E-state index in [9.17, 15) is 4.79 Å². The number of H-pyrrole nitrogens is 1. The quantitative estimate of drug-likeness (QED) is 0.873. The molecule has 2 saturated heterocycles. The summed E-state index contributed by atoms with van der Waals surface area (Å²) in [6.45, 7) is 5.23. The van der Waals surface area contributed by atoms with Crippen molar-refractivity contribution in [2.45, 2.75) is 45.1 Å². The van der Waals surface area contributed by atoms with E-state index in [4.69, 9.17) is 0 Å². The van der Waals surface area contributed by atoms with Crippen molar-refractivity contribution < 1.29 is 0 Å². The molecule has 0 aromatic carbocycles. The average molecular weight is 276 g/mol. The number of hydrogen-bond acceptors (Lipinski definition) is 4. The van der Waals surface area contributed by atoms with E-state index in [1.54, 1.807) is 6.07 Å². The largest absolute Gasteiger partial charge is 0.356 e. The van der Waals surface area contributed by atoms with Gasteiger partial charge in [0.25, 0.3) is 5.56 Å². The van der Waals surface area contributed by atoms with Crippen molar-refractivity contribution in [3.05, 3.63) is 22.2 Å². The molecule has 0 spiro atoms. The summed E-state index contributed by atoms with van der Waals surface area (Å²) in [6.07, 6.45) is 5.82. The Hall–Kier alpha value is -1.36. The SMILES string of the molecule is CCc1nc(N2CCC(C3CCCN3)CC2)cc(=O)[nH]1. The molecule has 1 atom stereocenters. The Morgan fingerprint density at radius 2 is 2.15 bits per heavy atom. The van der Waals surface area contributed by atoms with Crippen molar-refractivity contribution in [1.82, 2.24) is 15.3 Å². The Morgan fingerprint density at radius 3 is 2.80 bits per heavy atom. The van der Waals surface area contributed by atoms with Gasteiger partial charge in [0.1, 0.15) is 11.6 Å². The normalized spacial score (nSPS) is 24.2. The fourth-order valence-electron chi connectivity index (χ4n) is 3.47. The van der Waals surface area contributed by atoms with Crippen LogP contribution in [0.25, 0.3) is 0 Å². The molecule has 3 heterocycles. The Balaban J connectivity index is 1.65. The first-order chi connectivity index (χ1) is 9.76. The zero-order valence-corrected chi connectivity index (χ0v) is 12.2. The lowest BCUT2D eigenvalue weighted by Gasteiger charge is -2.35. The van der Waals surface area contributed by atoms with E-state index in [0.29, 0.717) is 0 Å². The molecule has 2 aliphatic heterocycles. The summed E-state index contributed by atoms with van der Waals surface area (Å²) in [5, 5.41) is 3.62. The molecular formula is C15H24N4O. The minimum absolute atomic E-state index is 0.0357. The molecule has 20 heavy (non-hydrogen) atoms. The van der Waals surface area contributed by atoms with Gasteiger partial charge in [0.2, 0.25) is 0 Å². The second-order valence-corrected chi connectivity index (χ2v) is 5.93. The second-order valence-electron chi connectivity index (χ2n) is 5.93. The third kappa shape index (κ3) is 2.87. The van der Waals surface area contributed by atoms with Crippen LogP contribution in [0.15, 0.2) is 10.9 Å². The van der Waals surface area contributed by atoms with Crippen LogP contribution in [-0.2, 0) is 6.42 Å². The van der Waals surface area contributed by atoms with Crippen LogP contribution in [0.4, 0.5) is 5.82 Å². The predicted octanol–water partition coefficient (Wildman–Crippen LogP) is 1.30. The first-order valence-corrected chi connectivity index (χ1v) is 7.85. The van der Waals surface area contributed by atoms with Crippen molar-refractivity contribution in [2.24, 2.45) is 5.92 Å². The highest BCUT2D eigenvalue weighted by molar-refractivity contribution is 5.38. The Bertz CT molecular complexity index is 499. The first-order valence-electron chi connectivity index (χ1n) is 7.85. The molecule has 2 aliphatic rings. The van der Waals surface area contributed by atoms with Crippen molar-refractivity contribution in [3.63, 3.8) is 0 Å². The zero-order valence-electron chi connectivity index (χ0n) is 12.2.